The molecule has 170 valence electrons. The SMILES string of the molecule is Cc1ccccc1NC(=O)NCCS(=O)(=O)c1c(C)n(Cc2ccccc2)c2ccccc12. The summed E-state index contributed by atoms with van der Waals surface area (Å²) in [6.45, 7) is 4.33. The van der Waals surface area contributed by atoms with Crippen LogP contribution in [-0.4, -0.2) is 31.3 Å². The first-order chi connectivity index (χ1) is 15.9. The molecule has 0 atom stereocenters. The average Bonchev–Trinajstić information content (AvgIpc) is 3.08. The summed E-state index contributed by atoms with van der Waals surface area (Å²) in [6, 6.07) is 24.5. The predicted octanol–water partition coefficient (Wildman–Crippen LogP) is 4.90. The molecule has 7 heteroatoms. The molecule has 4 rings (SSSR count). The van der Waals surface area contributed by atoms with Crippen molar-refractivity contribution in [3.63, 3.8) is 0 Å². The maximum Gasteiger partial charge on any atom is 0.319 e. The zero-order valence-corrected chi connectivity index (χ0v) is 19.5. The maximum absolute atomic E-state index is 13.3. The van der Waals surface area contributed by atoms with Gasteiger partial charge in [0.1, 0.15) is 0 Å². The van der Waals surface area contributed by atoms with Gasteiger partial charge in [-0.15, -0.1) is 0 Å². The van der Waals surface area contributed by atoms with Crippen molar-refractivity contribution in [2.24, 2.45) is 0 Å². The van der Waals surface area contributed by atoms with E-state index in [0.717, 1.165) is 16.6 Å². The highest BCUT2D eigenvalue weighted by Gasteiger charge is 2.25. The zero-order valence-electron chi connectivity index (χ0n) is 18.7. The molecule has 0 saturated heterocycles. The molecule has 2 amide bonds. The van der Waals surface area contributed by atoms with Gasteiger partial charge < -0.3 is 15.2 Å². The van der Waals surface area contributed by atoms with Crippen molar-refractivity contribution in [3.05, 3.63) is 95.7 Å². The van der Waals surface area contributed by atoms with Crippen molar-refractivity contribution in [2.75, 3.05) is 17.6 Å². The van der Waals surface area contributed by atoms with Gasteiger partial charge in [0.15, 0.2) is 9.84 Å². The Bertz CT molecular complexity index is 1390. The van der Waals surface area contributed by atoms with Crippen molar-refractivity contribution in [2.45, 2.75) is 25.3 Å². The third kappa shape index (κ3) is 4.93. The summed E-state index contributed by atoms with van der Waals surface area (Å²) in [6.07, 6.45) is 0. The Morgan fingerprint density at radius 3 is 2.30 bits per heavy atom. The predicted molar refractivity (Wildman–Crippen MR) is 132 cm³/mol. The van der Waals surface area contributed by atoms with Crippen LogP contribution in [0, 0.1) is 13.8 Å². The van der Waals surface area contributed by atoms with Crippen LogP contribution in [0.3, 0.4) is 0 Å². The van der Waals surface area contributed by atoms with Crippen molar-refractivity contribution < 1.29 is 13.2 Å². The van der Waals surface area contributed by atoms with Gasteiger partial charge in [0.05, 0.1) is 10.6 Å². The molecule has 33 heavy (non-hydrogen) atoms. The second kappa shape index (κ2) is 9.50. The molecular formula is C26H27N3O3S. The molecule has 0 aliphatic carbocycles. The minimum absolute atomic E-state index is 0.0116. The van der Waals surface area contributed by atoms with E-state index in [0.29, 0.717) is 28.2 Å². The van der Waals surface area contributed by atoms with Gasteiger partial charge in [0.2, 0.25) is 0 Å². The molecule has 3 aromatic carbocycles. The standard InChI is InChI=1S/C26H27N3O3S/c1-19-10-6-8-14-23(19)28-26(30)27-16-17-33(31,32)25-20(2)29(18-21-11-4-3-5-12-21)24-15-9-7-13-22(24)25/h3-15H,16-18H2,1-2H3,(H2,27,28,30). The first kappa shape index (κ1) is 22.6. The number of hydrogen-bond acceptors (Lipinski definition) is 3. The van der Waals surface area contributed by atoms with E-state index in [9.17, 15) is 13.2 Å². The minimum Gasteiger partial charge on any atom is -0.339 e. The Balaban J connectivity index is 1.53. The molecule has 0 aliphatic heterocycles. The fourth-order valence-electron chi connectivity index (χ4n) is 4.04. The number of urea groups is 1. The first-order valence-electron chi connectivity index (χ1n) is 10.8. The number of carbonyl (C=O) groups is 1. The summed E-state index contributed by atoms with van der Waals surface area (Å²) in [7, 11) is -3.63. The van der Waals surface area contributed by atoms with E-state index in [2.05, 4.69) is 10.6 Å². The Kier molecular flexibility index (Phi) is 6.51. The summed E-state index contributed by atoms with van der Waals surface area (Å²) in [5, 5.41) is 6.13. The van der Waals surface area contributed by atoms with Crippen LogP contribution in [-0.2, 0) is 16.4 Å². The average molecular weight is 462 g/mol. The molecule has 0 bridgehead atoms. The van der Waals surface area contributed by atoms with Crippen molar-refractivity contribution in [3.8, 4) is 0 Å². The fourth-order valence-corrected chi connectivity index (χ4v) is 5.69. The Hall–Kier alpha value is -3.58. The molecular weight excluding hydrogens is 434 g/mol. The molecule has 0 spiro atoms. The van der Waals surface area contributed by atoms with Crippen LogP contribution >= 0.6 is 0 Å². The van der Waals surface area contributed by atoms with Gasteiger partial charge in [-0.1, -0.05) is 66.7 Å². The van der Waals surface area contributed by atoms with Gasteiger partial charge in [-0.05, 0) is 37.1 Å². The molecule has 0 unspecified atom stereocenters. The molecule has 0 aliphatic rings. The van der Waals surface area contributed by atoms with Crippen LogP contribution in [0.25, 0.3) is 10.9 Å². The number of carbonyl (C=O) groups excluding carboxylic acids is 1. The summed E-state index contributed by atoms with van der Waals surface area (Å²) >= 11 is 0. The first-order valence-corrected chi connectivity index (χ1v) is 12.5. The Labute approximate surface area is 194 Å². The molecule has 1 aromatic heterocycles. The van der Waals surface area contributed by atoms with E-state index in [1.807, 2.05) is 91.2 Å². The van der Waals surface area contributed by atoms with Crippen LogP contribution in [0.15, 0.2) is 83.8 Å². The topological polar surface area (TPSA) is 80.2 Å². The summed E-state index contributed by atoms with van der Waals surface area (Å²) in [5.41, 5.74) is 4.30. The number of nitrogens with zero attached hydrogens (tertiary/aromatic N) is 1. The quantitative estimate of drug-likeness (QED) is 0.411. The zero-order chi connectivity index (χ0) is 23.4. The van der Waals surface area contributed by atoms with Crippen LogP contribution in [0.4, 0.5) is 10.5 Å². The van der Waals surface area contributed by atoms with Gasteiger partial charge in [-0.2, -0.15) is 0 Å². The van der Waals surface area contributed by atoms with E-state index < -0.39 is 15.9 Å². The van der Waals surface area contributed by atoms with Crippen LogP contribution in [0.5, 0.6) is 0 Å². The van der Waals surface area contributed by atoms with Crippen molar-refractivity contribution in [1.29, 1.82) is 0 Å². The largest absolute Gasteiger partial charge is 0.339 e. The number of para-hydroxylation sites is 2. The number of sulfone groups is 1. The van der Waals surface area contributed by atoms with Crippen molar-refractivity contribution in [1.82, 2.24) is 9.88 Å². The van der Waals surface area contributed by atoms with E-state index in [1.165, 1.54) is 0 Å². The number of aromatic nitrogens is 1. The number of rotatable bonds is 7. The highest BCUT2D eigenvalue weighted by molar-refractivity contribution is 7.91. The van der Waals surface area contributed by atoms with Gasteiger partial charge in [0.25, 0.3) is 0 Å². The molecule has 1 heterocycles. The van der Waals surface area contributed by atoms with Crippen LogP contribution < -0.4 is 10.6 Å². The minimum atomic E-state index is -3.63. The number of aryl methyl sites for hydroxylation is 1. The lowest BCUT2D eigenvalue weighted by molar-refractivity contribution is 0.252. The van der Waals surface area contributed by atoms with Gasteiger partial charge >= 0.3 is 6.03 Å². The monoisotopic (exact) mass is 461 g/mol. The third-order valence-electron chi connectivity index (χ3n) is 5.72. The van der Waals surface area contributed by atoms with Gasteiger partial charge in [0, 0.05) is 35.4 Å². The molecule has 4 aromatic rings. The lowest BCUT2D eigenvalue weighted by Gasteiger charge is -2.11. The fraction of sp³-hybridized carbons (Fsp3) is 0.192. The molecule has 0 fully saturated rings. The molecule has 6 nitrogen and oxygen atoms in total. The van der Waals surface area contributed by atoms with E-state index in [1.54, 1.807) is 6.07 Å². The van der Waals surface area contributed by atoms with Crippen LogP contribution in [0.1, 0.15) is 16.8 Å². The smallest absolute Gasteiger partial charge is 0.319 e. The van der Waals surface area contributed by atoms with E-state index in [-0.39, 0.29) is 12.3 Å². The van der Waals surface area contributed by atoms with Gasteiger partial charge in [-0.25, -0.2) is 13.2 Å². The number of nitrogens with one attached hydrogen (secondary N) is 2. The summed E-state index contributed by atoms with van der Waals surface area (Å²) in [5.74, 6) is -0.186. The molecule has 0 saturated carbocycles. The molecule has 0 radical (unpaired) electrons. The van der Waals surface area contributed by atoms with E-state index >= 15 is 0 Å². The van der Waals surface area contributed by atoms with E-state index in [4.69, 9.17) is 0 Å². The highest BCUT2D eigenvalue weighted by Crippen LogP contribution is 2.31. The lowest BCUT2D eigenvalue weighted by Crippen LogP contribution is -2.33. The number of amides is 2. The number of benzene rings is 3. The second-order valence-electron chi connectivity index (χ2n) is 8.02. The highest BCUT2D eigenvalue weighted by atomic mass is 32.2. The maximum atomic E-state index is 13.3. The lowest BCUT2D eigenvalue weighted by atomic mass is 10.2. The summed E-state index contributed by atoms with van der Waals surface area (Å²) in [4.78, 5) is 12.6. The second-order valence-corrected chi connectivity index (χ2v) is 10.1. The van der Waals surface area contributed by atoms with Gasteiger partial charge in [-0.3, -0.25) is 0 Å². The third-order valence-corrected chi connectivity index (χ3v) is 7.60. The summed E-state index contributed by atoms with van der Waals surface area (Å²) < 4.78 is 28.7. The Morgan fingerprint density at radius 1 is 0.879 bits per heavy atom. The number of anilines is 1. The molecule has 2 N–H and O–H groups in total. The van der Waals surface area contributed by atoms with Crippen molar-refractivity contribution >= 4 is 32.5 Å². The Morgan fingerprint density at radius 2 is 1.55 bits per heavy atom. The van der Waals surface area contributed by atoms with Crippen LogP contribution in [0.2, 0.25) is 0 Å². The number of hydrogen-bond donors (Lipinski definition) is 2. The number of fused-ring (bicyclic) bond motifs is 1. The normalized spacial score (nSPS) is 11.5.